The highest BCUT2D eigenvalue weighted by Crippen LogP contribution is 2.12. The van der Waals surface area contributed by atoms with Gasteiger partial charge in [0.1, 0.15) is 29.5 Å². The lowest BCUT2D eigenvalue weighted by molar-refractivity contribution is 0.518. The SMILES string of the molecule is Fc1ccc(CNc2cc(NCc3ccco3)ncn2)cc1. The van der Waals surface area contributed by atoms with E-state index in [-0.39, 0.29) is 5.82 Å². The summed E-state index contributed by atoms with van der Waals surface area (Å²) in [7, 11) is 0. The van der Waals surface area contributed by atoms with E-state index in [2.05, 4.69) is 20.6 Å². The second kappa shape index (κ2) is 6.71. The minimum atomic E-state index is -0.241. The van der Waals surface area contributed by atoms with E-state index in [4.69, 9.17) is 4.42 Å². The summed E-state index contributed by atoms with van der Waals surface area (Å²) >= 11 is 0. The molecule has 0 atom stereocenters. The Morgan fingerprint density at radius 1 is 0.955 bits per heavy atom. The van der Waals surface area contributed by atoms with Crippen LogP contribution in [-0.2, 0) is 13.1 Å². The molecule has 3 rings (SSSR count). The maximum Gasteiger partial charge on any atom is 0.131 e. The van der Waals surface area contributed by atoms with Gasteiger partial charge in [0, 0.05) is 12.6 Å². The molecule has 0 saturated carbocycles. The van der Waals surface area contributed by atoms with Gasteiger partial charge >= 0.3 is 0 Å². The molecule has 1 aromatic carbocycles. The Balaban J connectivity index is 1.57. The first-order valence-corrected chi connectivity index (χ1v) is 6.86. The van der Waals surface area contributed by atoms with Gasteiger partial charge in [0.2, 0.25) is 0 Å². The fourth-order valence-corrected chi connectivity index (χ4v) is 1.94. The molecule has 0 saturated heterocycles. The van der Waals surface area contributed by atoms with Crippen molar-refractivity contribution >= 4 is 11.6 Å². The standard InChI is InChI=1S/C16H15FN4O/c17-13-5-3-12(4-6-13)9-18-15-8-16(21-11-20-15)19-10-14-2-1-7-22-14/h1-8,11H,9-10H2,(H2,18,19,20,21). The molecule has 5 nitrogen and oxygen atoms in total. The van der Waals surface area contributed by atoms with Gasteiger partial charge in [-0.2, -0.15) is 0 Å². The summed E-state index contributed by atoms with van der Waals surface area (Å²) in [5.41, 5.74) is 0.977. The summed E-state index contributed by atoms with van der Waals surface area (Å²) in [6.07, 6.45) is 3.12. The zero-order chi connectivity index (χ0) is 15.2. The third kappa shape index (κ3) is 3.82. The summed E-state index contributed by atoms with van der Waals surface area (Å²) in [5, 5.41) is 6.34. The predicted octanol–water partition coefficient (Wildman–Crippen LogP) is 3.43. The van der Waals surface area contributed by atoms with Crippen molar-refractivity contribution in [3.05, 3.63) is 72.2 Å². The smallest absolute Gasteiger partial charge is 0.131 e. The van der Waals surface area contributed by atoms with Crippen molar-refractivity contribution in [3.63, 3.8) is 0 Å². The number of nitrogens with zero attached hydrogens (tertiary/aromatic N) is 2. The molecule has 2 N–H and O–H groups in total. The Morgan fingerprint density at radius 3 is 2.36 bits per heavy atom. The van der Waals surface area contributed by atoms with Gasteiger partial charge in [0.05, 0.1) is 12.8 Å². The number of benzene rings is 1. The number of furan rings is 1. The van der Waals surface area contributed by atoms with Crippen LogP contribution in [0.3, 0.4) is 0 Å². The van der Waals surface area contributed by atoms with E-state index in [9.17, 15) is 4.39 Å². The van der Waals surface area contributed by atoms with Gasteiger partial charge in [-0.15, -0.1) is 0 Å². The lowest BCUT2D eigenvalue weighted by Crippen LogP contribution is -2.05. The minimum absolute atomic E-state index is 0.241. The van der Waals surface area contributed by atoms with Gasteiger partial charge in [0.15, 0.2) is 0 Å². The van der Waals surface area contributed by atoms with Crippen LogP contribution in [0.25, 0.3) is 0 Å². The zero-order valence-electron chi connectivity index (χ0n) is 11.8. The number of halogens is 1. The lowest BCUT2D eigenvalue weighted by atomic mass is 10.2. The molecule has 22 heavy (non-hydrogen) atoms. The van der Waals surface area contributed by atoms with Gasteiger partial charge in [0.25, 0.3) is 0 Å². The van der Waals surface area contributed by atoms with E-state index in [1.807, 2.05) is 18.2 Å². The van der Waals surface area contributed by atoms with E-state index >= 15 is 0 Å². The molecule has 6 heteroatoms. The van der Waals surface area contributed by atoms with E-state index in [0.717, 1.165) is 11.3 Å². The molecule has 0 aliphatic carbocycles. The Kier molecular flexibility index (Phi) is 4.29. The second-order valence-corrected chi connectivity index (χ2v) is 4.70. The summed E-state index contributed by atoms with van der Waals surface area (Å²) < 4.78 is 18.1. The second-order valence-electron chi connectivity index (χ2n) is 4.70. The van der Waals surface area contributed by atoms with Crippen LogP contribution in [0.2, 0.25) is 0 Å². The highest BCUT2D eigenvalue weighted by molar-refractivity contribution is 5.46. The molecule has 0 aliphatic heterocycles. The van der Waals surface area contributed by atoms with E-state index in [1.54, 1.807) is 18.4 Å². The van der Waals surface area contributed by atoms with Gasteiger partial charge in [-0.25, -0.2) is 14.4 Å². The third-order valence-corrected chi connectivity index (χ3v) is 3.08. The first kappa shape index (κ1) is 14.1. The lowest BCUT2D eigenvalue weighted by Gasteiger charge is -2.08. The highest BCUT2D eigenvalue weighted by Gasteiger charge is 2.01. The van der Waals surface area contributed by atoms with Crippen LogP contribution >= 0.6 is 0 Å². The maximum absolute atomic E-state index is 12.8. The quantitative estimate of drug-likeness (QED) is 0.730. The van der Waals surface area contributed by atoms with Crippen LogP contribution in [0.4, 0.5) is 16.0 Å². The monoisotopic (exact) mass is 298 g/mol. The molecule has 0 fully saturated rings. The first-order chi connectivity index (χ1) is 10.8. The number of rotatable bonds is 6. The van der Waals surface area contributed by atoms with Crippen molar-refractivity contribution < 1.29 is 8.81 Å². The van der Waals surface area contributed by atoms with Crippen LogP contribution in [0, 0.1) is 5.82 Å². The molecule has 0 amide bonds. The number of aromatic nitrogens is 2. The van der Waals surface area contributed by atoms with Crippen LogP contribution in [0.15, 0.2) is 59.5 Å². The molecular formula is C16H15FN4O. The average Bonchev–Trinajstić information content (AvgIpc) is 3.06. The summed E-state index contributed by atoms with van der Waals surface area (Å²) in [6.45, 7) is 1.12. The molecule has 2 heterocycles. The van der Waals surface area contributed by atoms with Crippen molar-refractivity contribution in [2.24, 2.45) is 0 Å². The molecular weight excluding hydrogens is 283 g/mol. The Morgan fingerprint density at radius 2 is 1.68 bits per heavy atom. The van der Waals surface area contributed by atoms with Crippen molar-refractivity contribution in [1.82, 2.24) is 9.97 Å². The number of hydrogen-bond donors (Lipinski definition) is 2. The van der Waals surface area contributed by atoms with Gasteiger partial charge in [-0.1, -0.05) is 12.1 Å². The molecule has 112 valence electrons. The fourth-order valence-electron chi connectivity index (χ4n) is 1.94. The molecule has 0 unspecified atom stereocenters. The number of nitrogens with one attached hydrogen (secondary N) is 2. The van der Waals surface area contributed by atoms with Crippen LogP contribution in [0.1, 0.15) is 11.3 Å². The van der Waals surface area contributed by atoms with Crippen molar-refractivity contribution in [2.75, 3.05) is 10.6 Å². The van der Waals surface area contributed by atoms with Crippen molar-refractivity contribution in [3.8, 4) is 0 Å². The van der Waals surface area contributed by atoms with Crippen LogP contribution < -0.4 is 10.6 Å². The minimum Gasteiger partial charge on any atom is -0.467 e. The molecule has 0 aliphatic rings. The Bertz CT molecular complexity index is 713. The topological polar surface area (TPSA) is 63.0 Å². The van der Waals surface area contributed by atoms with Gasteiger partial charge in [-0.3, -0.25) is 0 Å². The number of anilines is 2. The van der Waals surface area contributed by atoms with Gasteiger partial charge in [-0.05, 0) is 29.8 Å². The molecule has 0 spiro atoms. The summed E-state index contributed by atoms with van der Waals surface area (Å²) in [6, 6.07) is 11.9. The molecule has 2 aromatic heterocycles. The largest absolute Gasteiger partial charge is 0.467 e. The summed E-state index contributed by atoms with van der Waals surface area (Å²) in [5.74, 6) is 1.99. The summed E-state index contributed by atoms with van der Waals surface area (Å²) in [4.78, 5) is 8.31. The Hall–Kier alpha value is -2.89. The Labute approximate surface area is 127 Å². The van der Waals surface area contributed by atoms with Crippen LogP contribution in [-0.4, -0.2) is 9.97 Å². The van der Waals surface area contributed by atoms with E-state index in [0.29, 0.717) is 24.7 Å². The van der Waals surface area contributed by atoms with E-state index in [1.165, 1.54) is 18.5 Å². The predicted molar refractivity (Wildman–Crippen MR) is 81.8 cm³/mol. The maximum atomic E-state index is 12.8. The first-order valence-electron chi connectivity index (χ1n) is 6.86. The highest BCUT2D eigenvalue weighted by atomic mass is 19.1. The van der Waals surface area contributed by atoms with Gasteiger partial charge < -0.3 is 15.1 Å². The molecule has 0 bridgehead atoms. The molecule has 0 radical (unpaired) electrons. The van der Waals surface area contributed by atoms with Crippen molar-refractivity contribution in [2.45, 2.75) is 13.1 Å². The third-order valence-electron chi connectivity index (χ3n) is 3.08. The van der Waals surface area contributed by atoms with E-state index < -0.39 is 0 Å². The van der Waals surface area contributed by atoms with Crippen molar-refractivity contribution in [1.29, 1.82) is 0 Å². The average molecular weight is 298 g/mol. The van der Waals surface area contributed by atoms with Crippen LogP contribution in [0.5, 0.6) is 0 Å². The fraction of sp³-hybridized carbons (Fsp3) is 0.125. The number of hydrogen-bond acceptors (Lipinski definition) is 5. The zero-order valence-corrected chi connectivity index (χ0v) is 11.8. The normalized spacial score (nSPS) is 10.4. The molecule has 3 aromatic rings.